The molecule has 3 aromatic rings. The summed E-state index contributed by atoms with van der Waals surface area (Å²) in [6, 6.07) is 13.7. The molecule has 7 nitrogen and oxygen atoms in total. The fraction of sp³-hybridized carbons (Fsp3) is 0.182. The molecule has 3 rings (SSSR count). The van der Waals surface area contributed by atoms with Crippen molar-refractivity contribution in [1.82, 2.24) is 20.2 Å². The van der Waals surface area contributed by atoms with Gasteiger partial charge in [0.05, 0.1) is 11.7 Å². The molecule has 154 valence electrons. The van der Waals surface area contributed by atoms with Crippen molar-refractivity contribution in [2.45, 2.75) is 26.1 Å². The molecular weight excluding hydrogens is 387 g/mol. The Bertz CT molecular complexity index is 1080. The van der Waals surface area contributed by atoms with E-state index in [1.54, 1.807) is 37.4 Å². The maximum Gasteiger partial charge on any atom is 0.263 e. The predicted octanol–water partition coefficient (Wildman–Crippen LogP) is 2.19. The van der Waals surface area contributed by atoms with E-state index in [0.717, 1.165) is 0 Å². The largest absolute Gasteiger partial charge is 0.348 e. The Hall–Kier alpha value is -3.81. The second-order valence-corrected chi connectivity index (χ2v) is 6.71. The van der Waals surface area contributed by atoms with Crippen LogP contribution in [0.2, 0.25) is 0 Å². The van der Waals surface area contributed by atoms with Gasteiger partial charge in [-0.25, -0.2) is 4.39 Å². The minimum Gasteiger partial charge on any atom is -0.348 e. The molecule has 0 aliphatic rings. The van der Waals surface area contributed by atoms with Gasteiger partial charge in [-0.1, -0.05) is 18.2 Å². The molecule has 0 fully saturated rings. The van der Waals surface area contributed by atoms with Crippen molar-refractivity contribution < 1.29 is 14.0 Å². The monoisotopic (exact) mass is 408 g/mol. The lowest BCUT2D eigenvalue weighted by Gasteiger charge is -2.14. The predicted molar refractivity (Wildman–Crippen MR) is 109 cm³/mol. The van der Waals surface area contributed by atoms with Crippen LogP contribution in [-0.2, 0) is 17.9 Å². The van der Waals surface area contributed by atoms with Gasteiger partial charge in [0.15, 0.2) is 0 Å². The molecule has 0 saturated carbocycles. The van der Waals surface area contributed by atoms with Gasteiger partial charge in [0.25, 0.3) is 11.5 Å². The first-order chi connectivity index (χ1) is 14.4. The molecule has 0 saturated heterocycles. The third-order valence-corrected chi connectivity index (χ3v) is 4.45. The first kappa shape index (κ1) is 20.9. The van der Waals surface area contributed by atoms with Gasteiger partial charge >= 0.3 is 0 Å². The van der Waals surface area contributed by atoms with Crippen LogP contribution >= 0.6 is 0 Å². The number of pyridine rings is 2. The van der Waals surface area contributed by atoms with Gasteiger partial charge < -0.3 is 15.2 Å². The Labute approximate surface area is 172 Å². The van der Waals surface area contributed by atoms with E-state index in [4.69, 9.17) is 0 Å². The molecule has 2 amide bonds. The number of halogens is 1. The minimum atomic E-state index is -0.574. The van der Waals surface area contributed by atoms with E-state index in [0.29, 0.717) is 11.3 Å². The first-order valence-electron chi connectivity index (χ1n) is 9.36. The number of aromatic nitrogens is 2. The summed E-state index contributed by atoms with van der Waals surface area (Å²) >= 11 is 0. The number of hydrogen-bond acceptors (Lipinski definition) is 4. The van der Waals surface area contributed by atoms with Crippen LogP contribution in [0.1, 0.15) is 34.6 Å². The number of rotatable bonds is 7. The third-order valence-electron chi connectivity index (χ3n) is 4.45. The number of nitrogens with zero attached hydrogens (tertiary/aromatic N) is 2. The fourth-order valence-electron chi connectivity index (χ4n) is 2.86. The number of carbonyl (C=O) groups excluding carboxylic acids is 2. The zero-order chi connectivity index (χ0) is 21.5. The fourth-order valence-corrected chi connectivity index (χ4v) is 2.86. The SMILES string of the molecule is C[C@H](NC(=O)Cn1cccc(C(=O)NCc2ccc(F)cc2)c1=O)c1ccccn1. The number of nitrogens with one attached hydrogen (secondary N) is 2. The van der Waals surface area contributed by atoms with Crippen molar-refractivity contribution in [2.75, 3.05) is 0 Å². The van der Waals surface area contributed by atoms with Crippen molar-refractivity contribution in [3.05, 3.63) is 100.0 Å². The van der Waals surface area contributed by atoms with Crippen LogP contribution in [0.4, 0.5) is 4.39 Å². The topological polar surface area (TPSA) is 93.1 Å². The quantitative estimate of drug-likeness (QED) is 0.627. The standard InChI is InChI=1S/C22H21FN4O3/c1-15(19-6-2-3-11-24-19)26-20(28)14-27-12-4-5-18(22(27)30)21(29)25-13-16-7-9-17(23)10-8-16/h2-12,15H,13-14H2,1H3,(H,25,29)(H,26,28)/t15-/m0/s1. The maximum absolute atomic E-state index is 13.0. The van der Waals surface area contributed by atoms with E-state index in [-0.39, 0.29) is 36.4 Å². The number of benzene rings is 1. The summed E-state index contributed by atoms with van der Waals surface area (Å²) < 4.78 is 14.1. The molecule has 0 unspecified atom stereocenters. The van der Waals surface area contributed by atoms with Crippen molar-refractivity contribution in [3.63, 3.8) is 0 Å². The number of amides is 2. The second-order valence-electron chi connectivity index (χ2n) is 6.71. The molecule has 0 spiro atoms. The van der Waals surface area contributed by atoms with Gasteiger partial charge in [0.1, 0.15) is 17.9 Å². The van der Waals surface area contributed by atoms with Crippen LogP contribution in [0.15, 0.2) is 71.8 Å². The summed E-state index contributed by atoms with van der Waals surface area (Å²) in [6.07, 6.45) is 3.08. The summed E-state index contributed by atoms with van der Waals surface area (Å²) in [5.41, 5.74) is 0.746. The van der Waals surface area contributed by atoms with Gasteiger partial charge in [0, 0.05) is 18.9 Å². The molecule has 2 aromatic heterocycles. The molecule has 1 atom stereocenters. The molecule has 1 aromatic carbocycles. The van der Waals surface area contributed by atoms with Crippen LogP contribution in [0.25, 0.3) is 0 Å². The van der Waals surface area contributed by atoms with E-state index in [1.807, 2.05) is 6.07 Å². The van der Waals surface area contributed by atoms with Gasteiger partial charge in [-0.05, 0) is 48.9 Å². The van der Waals surface area contributed by atoms with E-state index in [9.17, 15) is 18.8 Å². The Morgan fingerprint density at radius 2 is 1.87 bits per heavy atom. The van der Waals surface area contributed by atoms with Crippen molar-refractivity contribution in [1.29, 1.82) is 0 Å². The normalized spacial score (nSPS) is 11.5. The van der Waals surface area contributed by atoms with Gasteiger partial charge in [-0.3, -0.25) is 19.4 Å². The molecular formula is C22H21FN4O3. The highest BCUT2D eigenvalue weighted by molar-refractivity contribution is 5.93. The molecule has 30 heavy (non-hydrogen) atoms. The highest BCUT2D eigenvalue weighted by Crippen LogP contribution is 2.07. The lowest BCUT2D eigenvalue weighted by atomic mass is 10.2. The molecule has 0 aliphatic carbocycles. The third kappa shape index (κ3) is 5.38. The summed E-state index contributed by atoms with van der Waals surface area (Å²) in [4.78, 5) is 41.5. The van der Waals surface area contributed by atoms with E-state index >= 15 is 0 Å². The summed E-state index contributed by atoms with van der Waals surface area (Å²) in [5, 5.41) is 5.41. The van der Waals surface area contributed by atoms with Gasteiger partial charge in [-0.15, -0.1) is 0 Å². The highest BCUT2D eigenvalue weighted by atomic mass is 19.1. The van der Waals surface area contributed by atoms with Gasteiger partial charge in [-0.2, -0.15) is 0 Å². The summed E-state index contributed by atoms with van der Waals surface area (Å²) in [5.74, 6) is -1.31. The maximum atomic E-state index is 13.0. The molecule has 8 heteroatoms. The smallest absolute Gasteiger partial charge is 0.263 e. The Balaban J connectivity index is 1.63. The van der Waals surface area contributed by atoms with E-state index < -0.39 is 11.5 Å². The lowest BCUT2D eigenvalue weighted by molar-refractivity contribution is -0.122. The van der Waals surface area contributed by atoms with Crippen LogP contribution in [0.3, 0.4) is 0 Å². The number of carbonyl (C=O) groups is 2. The average Bonchev–Trinajstić information content (AvgIpc) is 2.75. The molecule has 0 bridgehead atoms. The van der Waals surface area contributed by atoms with Crippen molar-refractivity contribution in [3.8, 4) is 0 Å². The van der Waals surface area contributed by atoms with Crippen molar-refractivity contribution in [2.24, 2.45) is 0 Å². The Morgan fingerprint density at radius 1 is 1.10 bits per heavy atom. The first-order valence-corrected chi connectivity index (χ1v) is 9.36. The number of hydrogen-bond donors (Lipinski definition) is 2. The van der Waals surface area contributed by atoms with Crippen LogP contribution in [-0.4, -0.2) is 21.4 Å². The lowest BCUT2D eigenvalue weighted by Crippen LogP contribution is -2.37. The second kappa shape index (κ2) is 9.60. The van der Waals surface area contributed by atoms with Crippen LogP contribution in [0.5, 0.6) is 0 Å². The molecule has 0 radical (unpaired) electrons. The zero-order valence-electron chi connectivity index (χ0n) is 16.3. The Kier molecular flexibility index (Phi) is 6.69. The van der Waals surface area contributed by atoms with E-state index in [1.165, 1.54) is 35.0 Å². The van der Waals surface area contributed by atoms with Crippen LogP contribution in [0, 0.1) is 5.82 Å². The Morgan fingerprint density at radius 3 is 2.57 bits per heavy atom. The van der Waals surface area contributed by atoms with E-state index in [2.05, 4.69) is 15.6 Å². The van der Waals surface area contributed by atoms with Crippen molar-refractivity contribution >= 4 is 11.8 Å². The summed E-state index contributed by atoms with van der Waals surface area (Å²) in [7, 11) is 0. The molecule has 2 heterocycles. The zero-order valence-corrected chi connectivity index (χ0v) is 16.3. The summed E-state index contributed by atoms with van der Waals surface area (Å²) in [6.45, 7) is 1.72. The van der Waals surface area contributed by atoms with Crippen LogP contribution < -0.4 is 16.2 Å². The minimum absolute atomic E-state index is 0.0785. The molecule has 2 N–H and O–H groups in total. The average molecular weight is 408 g/mol. The highest BCUT2D eigenvalue weighted by Gasteiger charge is 2.15. The molecule has 0 aliphatic heterocycles. The van der Waals surface area contributed by atoms with Gasteiger partial charge in [0.2, 0.25) is 5.91 Å².